The molecule has 0 saturated carbocycles. The van der Waals surface area contributed by atoms with Crippen LogP contribution in [-0.4, -0.2) is 38.3 Å². The quantitative estimate of drug-likeness (QED) is 0.421. The standard InChI is InChI=1S/C7H14O5/c1-4(2)7(12,6(10)11)3-5(8)9/h4,6,10-12H,3H2,1-2H3,(H,8,9)/t7-/m0/s1. The number of aliphatic hydroxyl groups excluding tert-OH is 1. The molecule has 5 heteroatoms. The van der Waals surface area contributed by atoms with Crippen LogP contribution in [0.3, 0.4) is 0 Å². The third-order valence-corrected chi connectivity index (χ3v) is 1.88. The molecule has 0 aromatic rings. The number of rotatable bonds is 4. The Balaban J connectivity index is 4.51. The molecule has 12 heavy (non-hydrogen) atoms. The van der Waals surface area contributed by atoms with Crippen molar-refractivity contribution in [2.24, 2.45) is 5.92 Å². The minimum atomic E-state index is -2.03. The van der Waals surface area contributed by atoms with Gasteiger partial charge in [-0.05, 0) is 5.92 Å². The van der Waals surface area contributed by atoms with Crippen molar-refractivity contribution < 1.29 is 25.2 Å². The van der Waals surface area contributed by atoms with Gasteiger partial charge < -0.3 is 20.4 Å². The molecular weight excluding hydrogens is 164 g/mol. The van der Waals surface area contributed by atoms with Crippen molar-refractivity contribution in [3.8, 4) is 0 Å². The van der Waals surface area contributed by atoms with Gasteiger partial charge in [0.15, 0.2) is 6.29 Å². The van der Waals surface area contributed by atoms with Gasteiger partial charge in [-0.25, -0.2) is 0 Å². The van der Waals surface area contributed by atoms with E-state index in [-0.39, 0.29) is 0 Å². The molecule has 5 nitrogen and oxygen atoms in total. The SMILES string of the molecule is CC(C)[C@@](O)(CC(=O)O)C(O)O. The van der Waals surface area contributed by atoms with Crippen LogP contribution in [0.2, 0.25) is 0 Å². The van der Waals surface area contributed by atoms with Gasteiger partial charge in [-0.15, -0.1) is 0 Å². The molecular formula is C7H14O5. The van der Waals surface area contributed by atoms with Gasteiger partial charge in [0.1, 0.15) is 5.60 Å². The van der Waals surface area contributed by atoms with Crippen LogP contribution < -0.4 is 0 Å². The number of carbonyl (C=O) groups is 1. The highest BCUT2D eigenvalue weighted by atomic mass is 16.5. The Morgan fingerprint density at radius 2 is 1.83 bits per heavy atom. The first-order valence-electron chi connectivity index (χ1n) is 3.61. The fourth-order valence-corrected chi connectivity index (χ4v) is 0.836. The minimum absolute atomic E-state index is 0.534. The lowest BCUT2D eigenvalue weighted by molar-refractivity contribution is -0.210. The molecule has 0 aliphatic rings. The summed E-state index contributed by atoms with van der Waals surface area (Å²) in [5.74, 6) is -1.80. The first-order chi connectivity index (χ1) is 5.30. The van der Waals surface area contributed by atoms with E-state index in [2.05, 4.69) is 0 Å². The minimum Gasteiger partial charge on any atom is -0.481 e. The lowest BCUT2D eigenvalue weighted by Gasteiger charge is -2.31. The highest BCUT2D eigenvalue weighted by molar-refractivity contribution is 5.68. The van der Waals surface area contributed by atoms with Crippen LogP contribution in [0.5, 0.6) is 0 Å². The lowest BCUT2D eigenvalue weighted by Crippen LogP contribution is -2.48. The molecule has 0 aliphatic heterocycles. The van der Waals surface area contributed by atoms with E-state index in [1.807, 2.05) is 0 Å². The molecule has 0 spiro atoms. The van der Waals surface area contributed by atoms with E-state index in [1.165, 1.54) is 13.8 Å². The predicted octanol–water partition coefficient (Wildman–Crippen LogP) is -0.841. The zero-order valence-corrected chi connectivity index (χ0v) is 7.06. The number of carboxylic acids is 1. The van der Waals surface area contributed by atoms with Gasteiger partial charge in [-0.3, -0.25) is 4.79 Å². The summed E-state index contributed by atoms with van der Waals surface area (Å²) in [5.41, 5.74) is -1.97. The van der Waals surface area contributed by atoms with Crippen LogP contribution in [0.15, 0.2) is 0 Å². The molecule has 0 saturated heterocycles. The second-order valence-corrected chi connectivity index (χ2v) is 3.09. The highest BCUT2D eigenvalue weighted by Gasteiger charge is 2.40. The van der Waals surface area contributed by atoms with Crippen molar-refractivity contribution in [3.05, 3.63) is 0 Å². The normalized spacial score (nSPS) is 16.6. The fourth-order valence-electron chi connectivity index (χ4n) is 0.836. The van der Waals surface area contributed by atoms with E-state index in [0.29, 0.717) is 0 Å². The van der Waals surface area contributed by atoms with Crippen LogP contribution in [0.25, 0.3) is 0 Å². The Bertz CT molecular complexity index is 155. The Kier molecular flexibility index (Phi) is 3.63. The Hall–Kier alpha value is -0.650. The Morgan fingerprint density at radius 1 is 1.42 bits per heavy atom. The maximum atomic E-state index is 10.2. The third-order valence-electron chi connectivity index (χ3n) is 1.88. The average molecular weight is 178 g/mol. The summed E-state index contributed by atoms with van der Waals surface area (Å²) in [7, 11) is 0. The van der Waals surface area contributed by atoms with E-state index in [1.54, 1.807) is 0 Å². The van der Waals surface area contributed by atoms with Crippen LogP contribution in [0.4, 0.5) is 0 Å². The highest BCUT2D eigenvalue weighted by Crippen LogP contribution is 2.24. The van der Waals surface area contributed by atoms with E-state index in [9.17, 15) is 9.90 Å². The van der Waals surface area contributed by atoms with E-state index < -0.39 is 30.2 Å². The number of hydrogen-bond donors (Lipinski definition) is 4. The molecule has 0 rings (SSSR count). The molecule has 4 N–H and O–H groups in total. The molecule has 0 aromatic carbocycles. The van der Waals surface area contributed by atoms with Gasteiger partial charge in [-0.2, -0.15) is 0 Å². The van der Waals surface area contributed by atoms with Crippen molar-refractivity contribution in [1.82, 2.24) is 0 Å². The number of aliphatic carboxylic acids is 1. The zero-order chi connectivity index (χ0) is 9.94. The molecule has 72 valence electrons. The third kappa shape index (κ3) is 2.44. The van der Waals surface area contributed by atoms with Gasteiger partial charge >= 0.3 is 5.97 Å². The van der Waals surface area contributed by atoms with Crippen molar-refractivity contribution in [1.29, 1.82) is 0 Å². The van der Waals surface area contributed by atoms with Crippen LogP contribution in [0.1, 0.15) is 20.3 Å². The van der Waals surface area contributed by atoms with Gasteiger partial charge in [-0.1, -0.05) is 13.8 Å². The van der Waals surface area contributed by atoms with Gasteiger partial charge in [0.2, 0.25) is 0 Å². The molecule has 0 unspecified atom stereocenters. The van der Waals surface area contributed by atoms with E-state index in [4.69, 9.17) is 15.3 Å². The molecule has 0 radical (unpaired) electrons. The smallest absolute Gasteiger partial charge is 0.306 e. The monoisotopic (exact) mass is 178 g/mol. The molecule has 0 bridgehead atoms. The van der Waals surface area contributed by atoms with E-state index >= 15 is 0 Å². The Labute approximate surface area is 70.3 Å². The number of aliphatic hydroxyl groups is 3. The van der Waals surface area contributed by atoms with Crippen LogP contribution in [-0.2, 0) is 4.79 Å². The van der Waals surface area contributed by atoms with Crippen LogP contribution in [0, 0.1) is 5.92 Å². The Morgan fingerprint density at radius 3 is 1.92 bits per heavy atom. The zero-order valence-electron chi connectivity index (χ0n) is 7.06. The summed E-state index contributed by atoms with van der Waals surface area (Å²) in [6.45, 7) is 3.03. The maximum Gasteiger partial charge on any atom is 0.306 e. The summed E-state index contributed by atoms with van der Waals surface area (Å²) in [6, 6.07) is 0. The maximum absolute atomic E-state index is 10.2. The summed E-state index contributed by atoms with van der Waals surface area (Å²) in [5, 5.41) is 35.3. The predicted molar refractivity (Wildman–Crippen MR) is 40.3 cm³/mol. The van der Waals surface area contributed by atoms with Crippen LogP contribution >= 0.6 is 0 Å². The first-order valence-corrected chi connectivity index (χ1v) is 3.61. The second kappa shape index (κ2) is 3.84. The van der Waals surface area contributed by atoms with Crippen molar-refractivity contribution in [2.45, 2.75) is 32.2 Å². The fraction of sp³-hybridized carbons (Fsp3) is 0.857. The lowest BCUT2D eigenvalue weighted by atomic mass is 9.86. The van der Waals surface area contributed by atoms with Gasteiger partial charge in [0.05, 0.1) is 6.42 Å². The topological polar surface area (TPSA) is 98.0 Å². The summed E-state index contributed by atoms with van der Waals surface area (Å²) < 4.78 is 0. The van der Waals surface area contributed by atoms with Crippen molar-refractivity contribution in [2.75, 3.05) is 0 Å². The summed E-state index contributed by atoms with van der Waals surface area (Å²) in [4.78, 5) is 10.2. The van der Waals surface area contributed by atoms with Crippen molar-refractivity contribution >= 4 is 5.97 Å². The molecule has 0 amide bonds. The van der Waals surface area contributed by atoms with E-state index in [0.717, 1.165) is 0 Å². The van der Waals surface area contributed by atoms with Crippen molar-refractivity contribution in [3.63, 3.8) is 0 Å². The van der Waals surface area contributed by atoms with Gasteiger partial charge in [0, 0.05) is 0 Å². The van der Waals surface area contributed by atoms with Gasteiger partial charge in [0.25, 0.3) is 0 Å². The summed E-state index contributed by atoms with van der Waals surface area (Å²) in [6.07, 6.45) is -2.71. The number of hydrogen-bond acceptors (Lipinski definition) is 4. The first kappa shape index (κ1) is 11.4. The number of carboxylic acid groups (broad SMARTS) is 1. The average Bonchev–Trinajstić information content (AvgIpc) is 1.84. The molecule has 1 atom stereocenters. The largest absolute Gasteiger partial charge is 0.481 e. The molecule has 0 heterocycles. The molecule has 0 aliphatic carbocycles. The summed E-state index contributed by atoms with van der Waals surface area (Å²) >= 11 is 0. The second-order valence-electron chi connectivity index (χ2n) is 3.09. The molecule has 0 aromatic heterocycles. The molecule has 0 fully saturated rings.